The van der Waals surface area contributed by atoms with Gasteiger partial charge in [0.05, 0.1) is 0 Å². The molecule has 4 nitrogen and oxygen atoms in total. The highest BCUT2D eigenvalue weighted by Crippen LogP contribution is 2.25. The SMILES string of the molecule is CC(=O)N1CCC(CN2CCc3cc(Br)ccc3C2=O)C1. The molecule has 1 fully saturated rings. The highest BCUT2D eigenvalue weighted by molar-refractivity contribution is 9.10. The van der Waals surface area contributed by atoms with Gasteiger partial charge in [0.25, 0.3) is 5.91 Å². The summed E-state index contributed by atoms with van der Waals surface area (Å²) in [4.78, 5) is 27.8. The van der Waals surface area contributed by atoms with Crippen molar-refractivity contribution in [3.05, 3.63) is 33.8 Å². The molecule has 2 aliphatic rings. The highest BCUT2D eigenvalue weighted by Gasteiger charge is 2.30. The molecule has 0 aromatic heterocycles. The highest BCUT2D eigenvalue weighted by atomic mass is 79.9. The molecular formula is C16H19BrN2O2. The predicted octanol–water partition coefficient (Wildman–Crippen LogP) is 2.32. The Morgan fingerprint density at radius 2 is 2.19 bits per heavy atom. The predicted molar refractivity (Wildman–Crippen MR) is 84.1 cm³/mol. The number of carbonyl (C=O) groups excluding carboxylic acids is 2. The molecule has 0 saturated carbocycles. The summed E-state index contributed by atoms with van der Waals surface area (Å²) in [7, 11) is 0. The Bertz CT molecular complexity index is 588. The van der Waals surface area contributed by atoms with Gasteiger partial charge in [-0.1, -0.05) is 15.9 Å². The zero-order chi connectivity index (χ0) is 15.0. The van der Waals surface area contributed by atoms with Crippen LogP contribution >= 0.6 is 15.9 Å². The minimum absolute atomic E-state index is 0.130. The van der Waals surface area contributed by atoms with Crippen molar-refractivity contribution in [1.82, 2.24) is 9.80 Å². The number of likely N-dealkylation sites (tertiary alicyclic amines) is 1. The van der Waals surface area contributed by atoms with Gasteiger partial charge < -0.3 is 9.80 Å². The number of halogens is 1. The molecule has 112 valence electrons. The second kappa shape index (κ2) is 5.79. The van der Waals surface area contributed by atoms with E-state index in [1.165, 1.54) is 0 Å². The lowest BCUT2D eigenvalue weighted by molar-refractivity contribution is -0.127. The Morgan fingerprint density at radius 1 is 1.38 bits per heavy atom. The van der Waals surface area contributed by atoms with E-state index in [-0.39, 0.29) is 11.8 Å². The molecular weight excluding hydrogens is 332 g/mol. The molecule has 1 unspecified atom stereocenters. The topological polar surface area (TPSA) is 40.6 Å². The second-order valence-corrected chi connectivity index (χ2v) is 6.84. The van der Waals surface area contributed by atoms with Crippen molar-refractivity contribution in [2.75, 3.05) is 26.2 Å². The van der Waals surface area contributed by atoms with Gasteiger partial charge in [-0.25, -0.2) is 0 Å². The van der Waals surface area contributed by atoms with Crippen LogP contribution in [0.4, 0.5) is 0 Å². The van der Waals surface area contributed by atoms with E-state index in [2.05, 4.69) is 15.9 Å². The van der Waals surface area contributed by atoms with E-state index in [9.17, 15) is 9.59 Å². The number of hydrogen-bond donors (Lipinski definition) is 0. The average molecular weight is 351 g/mol. The molecule has 3 rings (SSSR count). The van der Waals surface area contributed by atoms with E-state index in [0.29, 0.717) is 5.92 Å². The third-order valence-corrected chi connectivity index (χ3v) is 4.94. The normalized spacial score (nSPS) is 21.6. The van der Waals surface area contributed by atoms with Gasteiger partial charge >= 0.3 is 0 Å². The van der Waals surface area contributed by atoms with Crippen LogP contribution in [0.25, 0.3) is 0 Å². The number of hydrogen-bond acceptors (Lipinski definition) is 2. The molecule has 1 saturated heterocycles. The summed E-state index contributed by atoms with van der Waals surface area (Å²) in [5, 5.41) is 0. The van der Waals surface area contributed by atoms with Crippen molar-refractivity contribution in [3.63, 3.8) is 0 Å². The third-order valence-electron chi connectivity index (χ3n) is 4.45. The summed E-state index contributed by atoms with van der Waals surface area (Å²) in [6.45, 7) is 4.76. The maximum Gasteiger partial charge on any atom is 0.254 e. The summed E-state index contributed by atoms with van der Waals surface area (Å²) >= 11 is 3.45. The lowest BCUT2D eigenvalue weighted by Gasteiger charge is -2.30. The van der Waals surface area contributed by atoms with Crippen LogP contribution in [-0.2, 0) is 11.2 Å². The largest absolute Gasteiger partial charge is 0.343 e. The standard InChI is InChI=1S/C16H19BrN2O2/c1-11(20)18-6-4-12(9-18)10-19-7-5-13-8-14(17)2-3-15(13)16(19)21/h2-3,8,12H,4-7,9-10H2,1H3. The fourth-order valence-electron chi connectivity index (χ4n) is 3.26. The molecule has 1 atom stereocenters. The Morgan fingerprint density at radius 3 is 2.90 bits per heavy atom. The molecule has 2 amide bonds. The van der Waals surface area contributed by atoms with Crippen LogP contribution < -0.4 is 0 Å². The van der Waals surface area contributed by atoms with E-state index in [1.807, 2.05) is 28.0 Å². The Balaban J connectivity index is 1.67. The zero-order valence-corrected chi connectivity index (χ0v) is 13.7. The van der Waals surface area contributed by atoms with E-state index in [4.69, 9.17) is 0 Å². The number of nitrogens with zero attached hydrogens (tertiary/aromatic N) is 2. The molecule has 21 heavy (non-hydrogen) atoms. The van der Waals surface area contributed by atoms with Gasteiger partial charge in [0.15, 0.2) is 0 Å². The molecule has 2 aliphatic heterocycles. The lowest BCUT2D eigenvalue weighted by atomic mass is 9.97. The van der Waals surface area contributed by atoms with Crippen LogP contribution in [0.15, 0.2) is 22.7 Å². The van der Waals surface area contributed by atoms with E-state index < -0.39 is 0 Å². The quantitative estimate of drug-likeness (QED) is 0.821. The molecule has 0 radical (unpaired) electrons. The second-order valence-electron chi connectivity index (χ2n) is 5.92. The third kappa shape index (κ3) is 2.98. The first kappa shape index (κ1) is 14.6. The van der Waals surface area contributed by atoms with Gasteiger partial charge in [-0.05, 0) is 42.5 Å². The van der Waals surface area contributed by atoms with Crippen LogP contribution in [0.1, 0.15) is 29.3 Å². The Labute approximate surface area is 133 Å². The van der Waals surface area contributed by atoms with Crippen molar-refractivity contribution in [1.29, 1.82) is 0 Å². The minimum Gasteiger partial charge on any atom is -0.343 e. The minimum atomic E-state index is 0.130. The summed E-state index contributed by atoms with van der Waals surface area (Å²) in [5.41, 5.74) is 1.95. The number of amides is 2. The summed E-state index contributed by atoms with van der Waals surface area (Å²) in [6.07, 6.45) is 1.90. The first-order chi connectivity index (χ1) is 10.0. The van der Waals surface area contributed by atoms with Gasteiger partial charge in [0, 0.05) is 43.1 Å². The maximum absolute atomic E-state index is 12.6. The van der Waals surface area contributed by atoms with Gasteiger partial charge in [-0.2, -0.15) is 0 Å². The summed E-state index contributed by atoms with van der Waals surface area (Å²) < 4.78 is 1.02. The van der Waals surface area contributed by atoms with Crippen LogP contribution in [0.3, 0.4) is 0 Å². The number of fused-ring (bicyclic) bond motifs is 1. The Hall–Kier alpha value is -1.36. The van der Waals surface area contributed by atoms with Gasteiger partial charge in [0.1, 0.15) is 0 Å². The average Bonchev–Trinajstić information content (AvgIpc) is 2.91. The molecule has 2 heterocycles. The smallest absolute Gasteiger partial charge is 0.254 e. The number of carbonyl (C=O) groups is 2. The van der Waals surface area contributed by atoms with Gasteiger partial charge in [-0.15, -0.1) is 0 Å². The molecule has 0 N–H and O–H groups in total. The fraction of sp³-hybridized carbons (Fsp3) is 0.500. The fourth-order valence-corrected chi connectivity index (χ4v) is 3.67. The van der Waals surface area contributed by atoms with Gasteiger partial charge in [0.2, 0.25) is 5.91 Å². The molecule has 0 spiro atoms. The van der Waals surface area contributed by atoms with Crippen LogP contribution in [0.5, 0.6) is 0 Å². The lowest BCUT2D eigenvalue weighted by Crippen LogP contribution is -2.41. The van der Waals surface area contributed by atoms with E-state index >= 15 is 0 Å². The zero-order valence-electron chi connectivity index (χ0n) is 12.1. The van der Waals surface area contributed by atoms with Crippen LogP contribution in [0.2, 0.25) is 0 Å². The first-order valence-corrected chi connectivity index (χ1v) is 8.17. The van der Waals surface area contributed by atoms with Crippen molar-refractivity contribution in [2.45, 2.75) is 19.8 Å². The van der Waals surface area contributed by atoms with Gasteiger partial charge in [-0.3, -0.25) is 9.59 Å². The number of rotatable bonds is 2. The molecule has 0 bridgehead atoms. The molecule has 0 aliphatic carbocycles. The van der Waals surface area contributed by atoms with Crippen molar-refractivity contribution in [3.8, 4) is 0 Å². The van der Waals surface area contributed by atoms with Crippen molar-refractivity contribution in [2.24, 2.45) is 5.92 Å². The summed E-state index contributed by atoms with van der Waals surface area (Å²) in [6, 6.07) is 5.87. The Kier molecular flexibility index (Phi) is 4.02. The molecule has 1 aromatic carbocycles. The van der Waals surface area contributed by atoms with Crippen LogP contribution in [0, 0.1) is 5.92 Å². The van der Waals surface area contributed by atoms with Crippen molar-refractivity contribution >= 4 is 27.7 Å². The maximum atomic E-state index is 12.6. The van der Waals surface area contributed by atoms with Crippen LogP contribution in [-0.4, -0.2) is 47.8 Å². The van der Waals surface area contributed by atoms with E-state index in [1.54, 1.807) is 6.92 Å². The number of benzene rings is 1. The van der Waals surface area contributed by atoms with E-state index in [0.717, 1.165) is 54.6 Å². The summed E-state index contributed by atoms with van der Waals surface area (Å²) in [5.74, 6) is 0.678. The molecule has 5 heteroatoms. The van der Waals surface area contributed by atoms with Crippen molar-refractivity contribution < 1.29 is 9.59 Å². The molecule has 1 aromatic rings. The monoisotopic (exact) mass is 350 g/mol. The first-order valence-electron chi connectivity index (χ1n) is 7.38.